The molecular formula is C8H8O2S. The predicted octanol–water partition coefficient (Wildman–Crippen LogP) is 1.33. The SMILES string of the molecule is CCSC1=CC(=O)C=CC1=O. The van der Waals surface area contributed by atoms with E-state index in [0.717, 1.165) is 5.75 Å². The molecule has 0 aromatic heterocycles. The van der Waals surface area contributed by atoms with Crippen LogP contribution in [0.15, 0.2) is 23.1 Å². The van der Waals surface area contributed by atoms with Crippen LogP contribution in [0.2, 0.25) is 0 Å². The zero-order chi connectivity index (χ0) is 8.27. The molecule has 0 atom stereocenters. The van der Waals surface area contributed by atoms with Crippen LogP contribution in [0, 0.1) is 0 Å². The summed E-state index contributed by atoms with van der Waals surface area (Å²) >= 11 is 1.40. The number of thioether (sulfide) groups is 1. The van der Waals surface area contributed by atoms with Crippen molar-refractivity contribution in [2.75, 3.05) is 5.75 Å². The van der Waals surface area contributed by atoms with E-state index in [-0.39, 0.29) is 11.6 Å². The Labute approximate surface area is 69.4 Å². The van der Waals surface area contributed by atoms with Crippen molar-refractivity contribution in [3.63, 3.8) is 0 Å². The Morgan fingerprint density at radius 3 is 2.73 bits per heavy atom. The number of ketones is 2. The van der Waals surface area contributed by atoms with Crippen molar-refractivity contribution in [1.82, 2.24) is 0 Å². The fourth-order valence-corrected chi connectivity index (χ4v) is 1.48. The molecule has 2 nitrogen and oxygen atoms in total. The lowest BCUT2D eigenvalue weighted by molar-refractivity contribution is -0.114. The normalized spacial score (nSPS) is 17.0. The summed E-state index contributed by atoms with van der Waals surface area (Å²) in [5.74, 6) is 0.663. The minimum atomic E-state index is -0.0967. The molecule has 0 aromatic rings. The maximum absolute atomic E-state index is 11.0. The number of allylic oxidation sites excluding steroid dienone is 4. The summed E-state index contributed by atoms with van der Waals surface area (Å²) < 4.78 is 0. The topological polar surface area (TPSA) is 34.1 Å². The molecule has 0 heterocycles. The Kier molecular flexibility index (Phi) is 2.65. The van der Waals surface area contributed by atoms with Gasteiger partial charge in [0, 0.05) is 6.08 Å². The largest absolute Gasteiger partial charge is 0.290 e. The standard InChI is InChI=1S/C8H8O2S/c1-2-11-8-5-6(9)3-4-7(8)10/h3-5H,2H2,1H3. The minimum Gasteiger partial charge on any atom is -0.290 e. The Morgan fingerprint density at radius 2 is 2.09 bits per heavy atom. The van der Waals surface area contributed by atoms with Crippen LogP contribution in [0.5, 0.6) is 0 Å². The highest BCUT2D eigenvalue weighted by molar-refractivity contribution is 8.04. The molecule has 11 heavy (non-hydrogen) atoms. The van der Waals surface area contributed by atoms with Gasteiger partial charge < -0.3 is 0 Å². The van der Waals surface area contributed by atoms with Crippen LogP contribution in [-0.2, 0) is 9.59 Å². The number of rotatable bonds is 2. The van der Waals surface area contributed by atoms with Crippen molar-refractivity contribution in [1.29, 1.82) is 0 Å². The van der Waals surface area contributed by atoms with E-state index in [1.165, 1.54) is 30.0 Å². The third-order valence-electron chi connectivity index (χ3n) is 1.22. The minimum absolute atomic E-state index is 0.0588. The van der Waals surface area contributed by atoms with Gasteiger partial charge in [-0.1, -0.05) is 6.92 Å². The van der Waals surface area contributed by atoms with Crippen molar-refractivity contribution in [3.05, 3.63) is 23.1 Å². The molecule has 0 saturated carbocycles. The van der Waals surface area contributed by atoms with Crippen LogP contribution in [0.4, 0.5) is 0 Å². The zero-order valence-corrected chi connectivity index (χ0v) is 6.98. The number of hydrogen-bond acceptors (Lipinski definition) is 3. The van der Waals surface area contributed by atoms with Crippen LogP contribution >= 0.6 is 11.8 Å². The first-order valence-electron chi connectivity index (χ1n) is 3.35. The van der Waals surface area contributed by atoms with Gasteiger partial charge in [-0.25, -0.2) is 0 Å². The van der Waals surface area contributed by atoms with Crippen molar-refractivity contribution in [2.45, 2.75) is 6.92 Å². The zero-order valence-electron chi connectivity index (χ0n) is 6.16. The number of carbonyl (C=O) groups excluding carboxylic acids is 2. The van der Waals surface area contributed by atoms with E-state index in [9.17, 15) is 9.59 Å². The van der Waals surface area contributed by atoms with Gasteiger partial charge in [0.2, 0.25) is 0 Å². The third kappa shape index (κ3) is 2.05. The summed E-state index contributed by atoms with van der Waals surface area (Å²) in [5.41, 5.74) is 0. The van der Waals surface area contributed by atoms with E-state index in [4.69, 9.17) is 0 Å². The molecule has 0 unspecified atom stereocenters. The lowest BCUT2D eigenvalue weighted by atomic mass is 10.2. The van der Waals surface area contributed by atoms with Gasteiger partial charge in [-0.2, -0.15) is 0 Å². The van der Waals surface area contributed by atoms with Crippen LogP contribution in [0.1, 0.15) is 6.92 Å². The Hall–Kier alpha value is -0.830. The number of carbonyl (C=O) groups is 2. The van der Waals surface area contributed by atoms with Gasteiger partial charge in [0.15, 0.2) is 11.6 Å². The van der Waals surface area contributed by atoms with E-state index in [2.05, 4.69) is 0 Å². The lowest BCUT2D eigenvalue weighted by Crippen LogP contribution is -2.04. The Bertz CT molecular complexity index is 251. The second-order valence-corrected chi connectivity index (χ2v) is 3.35. The van der Waals surface area contributed by atoms with Crippen molar-refractivity contribution in [2.24, 2.45) is 0 Å². The van der Waals surface area contributed by atoms with Gasteiger partial charge in [-0.05, 0) is 17.9 Å². The van der Waals surface area contributed by atoms with E-state index < -0.39 is 0 Å². The van der Waals surface area contributed by atoms with E-state index >= 15 is 0 Å². The van der Waals surface area contributed by atoms with Gasteiger partial charge in [0.1, 0.15) is 0 Å². The van der Waals surface area contributed by atoms with Gasteiger partial charge in [0.05, 0.1) is 4.91 Å². The fourth-order valence-electron chi connectivity index (χ4n) is 0.757. The highest BCUT2D eigenvalue weighted by atomic mass is 32.2. The maximum Gasteiger partial charge on any atom is 0.192 e. The molecule has 3 heteroatoms. The summed E-state index contributed by atoms with van der Waals surface area (Å²) in [5, 5.41) is 0. The summed E-state index contributed by atoms with van der Waals surface area (Å²) in [7, 11) is 0. The van der Waals surface area contributed by atoms with E-state index in [0.29, 0.717) is 4.91 Å². The molecule has 0 amide bonds. The molecule has 58 valence electrons. The van der Waals surface area contributed by atoms with Crippen LogP contribution in [-0.4, -0.2) is 17.3 Å². The van der Waals surface area contributed by atoms with E-state index in [1.807, 2.05) is 6.92 Å². The van der Waals surface area contributed by atoms with Gasteiger partial charge in [-0.15, -0.1) is 11.8 Å². The first kappa shape index (κ1) is 8.27. The lowest BCUT2D eigenvalue weighted by Gasteiger charge is -2.02. The third-order valence-corrected chi connectivity index (χ3v) is 2.13. The van der Waals surface area contributed by atoms with Gasteiger partial charge in [0.25, 0.3) is 0 Å². The van der Waals surface area contributed by atoms with Gasteiger partial charge >= 0.3 is 0 Å². The van der Waals surface area contributed by atoms with Crippen LogP contribution < -0.4 is 0 Å². The molecule has 0 aromatic carbocycles. The monoisotopic (exact) mass is 168 g/mol. The maximum atomic E-state index is 11.0. The quantitative estimate of drug-likeness (QED) is 0.583. The molecule has 0 fully saturated rings. The molecule has 0 radical (unpaired) electrons. The van der Waals surface area contributed by atoms with Crippen molar-refractivity contribution >= 4 is 23.3 Å². The summed E-state index contributed by atoms with van der Waals surface area (Å²) in [6.07, 6.45) is 4.00. The van der Waals surface area contributed by atoms with Crippen LogP contribution in [0.3, 0.4) is 0 Å². The van der Waals surface area contributed by atoms with E-state index in [1.54, 1.807) is 0 Å². The second kappa shape index (κ2) is 3.53. The van der Waals surface area contributed by atoms with Crippen molar-refractivity contribution in [3.8, 4) is 0 Å². The first-order valence-corrected chi connectivity index (χ1v) is 4.33. The second-order valence-electron chi connectivity index (χ2n) is 2.04. The molecule has 0 N–H and O–H groups in total. The molecular weight excluding hydrogens is 160 g/mol. The average Bonchev–Trinajstić information content (AvgIpc) is 1.98. The molecule has 0 aliphatic heterocycles. The first-order chi connectivity index (χ1) is 5.24. The summed E-state index contributed by atoms with van der Waals surface area (Å²) in [4.78, 5) is 22.3. The molecule has 0 saturated heterocycles. The fraction of sp³-hybridized carbons (Fsp3) is 0.250. The molecule has 1 rings (SSSR count). The highest BCUT2D eigenvalue weighted by Crippen LogP contribution is 2.19. The molecule has 0 bridgehead atoms. The van der Waals surface area contributed by atoms with Crippen molar-refractivity contribution < 1.29 is 9.59 Å². The number of hydrogen-bond donors (Lipinski definition) is 0. The van der Waals surface area contributed by atoms with Gasteiger partial charge in [-0.3, -0.25) is 9.59 Å². The highest BCUT2D eigenvalue weighted by Gasteiger charge is 2.11. The summed E-state index contributed by atoms with van der Waals surface area (Å²) in [6, 6.07) is 0. The smallest absolute Gasteiger partial charge is 0.192 e. The molecule has 1 aliphatic rings. The summed E-state index contributed by atoms with van der Waals surface area (Å²) in [6.45, 7) is 1.95. The Balaban J connectivity index is 2.76. The molecule has 1 aliphatic carbocycles. The van der Waals surface area contributed by atoms with Crippen LogP contribution in [0.25, 0.3) is 0 Å². The molecule has 0 spiro atoms. The Morgan fingerprint density at radius 1 is 1.36 bits per heavy atom. The predicted molar refractivity (Wildman–Crippen MR) is 45.4 cm³/mol. The average molecular weight is 168 g/mol.